The summed E-state index contributed by atoms with van der Waals surface area (Å²) in [6.45, 7) is 8.88. The van der Waals surface area contributed by atoms with Gasteiger partial charge in [-0.3, -0.25) is 4.79 Å². The van der Waals surface area contributed by atoms with Crippen molar-refractivity contribution >= 4 is 13.0 Å². The van der Waals surface area contributed by atoms with Crippen LogP contribution in [0.15, 0.2) is 0 Å². The van der Waals surface area contributed by atoms with Crippen molar-refractivity contribution in [1.82, 2.24) is 5.32 Å². The minimum atomic E-state index is -0.300. The first-order valence-corrected chi connectivity index (χ1v) is 5.94. The van der Waals surface area contributed by atoms with Crippen LogP contribution in [0, 0.1) is 0 Å². The molecule has 5 heteroatoms. The van der Waals surface area contributed by atoms with Gasteiger partial charge in [-0.15, -0.1) is 0 Å². The van der Waals surface area contributed by atoms with Crippen LogP contribution in [-0.4, -0.2) is 30.8 Å². The number of piperidine rings is 1. The summed E-state index contributed by atoms with van der Waals surface area (Å²) in [7, 11) is -0.240. The fourth-order valence-corrected chi connectivity index (χ4v) is 2.12. The van der Waals surface area contributed by atoms with Crippen molar-refractivity contribution in [3.05, 3.63) is 0 Å². The van der Waals surface area contributed by atoms with Gasteiger partial charge in [-0.05, 0) is 34.1 Å². The Hall–Kier alpha value is -0.545. The molecule has 4 nitrogen and oxygen atoms in total. The molecule has 2 aliphatic rings. The van der Waals surface area contributed by atoms with Crippen LogP contribution >= 0.6 is 0 Å². The van der Waals surface area contributed by atoms with Gasteiger partial charge in [0.05, 0.1) is 11.2 Å². The Morgan fingerprint density at radius 2 is 1.81 bits per heavy atom. The van der Waals surface area contributed by atoms with E-state index in [1.807, 2.05) is 27.7 Å². The first-order valence-electron chi connectivity index (χ1n) is 5.94. The molecule has 1 amide bonds. The van der Waals surface area contributed by atoms with Gasteiger partial charge >= 0.3 is 7.12 Å². The Morgan fingerprint density at radius 1 is 1.25 bits per heavy atom. The van der Waals surface area contributed by atoms with Crippen LogP contribution in [-0.2, 0) is 14.1 Å². The molecule has 2 saturated heterocycles. The fraction of sp³-hybridized carbons (Fsp3) is 0.909. The van der Waals surface area contributed by atoms with E-state index in [0.29, 0.717) is 6.42 Å². The molecular weight excluding hydrogens is 205 g/mol. The van der Waals surface area contributed by atoms with Crippen molar-refractivity contribution in [3.8, 4) is 0 Å². The molecule has 0 saturated carbocycles. The number of hydrogen-bond donors (Lipinski definition) is 1. The molecule has 2 aliphatic heterocycles. The predicted molar refractivity (Wildman–Crippen MR) is 62.1 cm³/mol. The smallest absolute Gasteiger partial charge is 0.403 e. The van der Waals surface area contributed by atoms with Crippen LogP contribution in [0.4, 0.5) is 0 Å². The minimum absolute atomic E-state index is 0.103. The van der Waals surface area contributed by atoms with Crippen LogP contribution in [0.25, 0.3) is 0 Å². The maximum absolute atomic E-state index is 11.3. The lowest BCUT2D eigenvalue weighted by atomic mass is 9.67. The van der Waals surface area contributed by atoms with Crippen LogP contribution in [0.3, 0.4) is 0 Å². The quantitative estimate of drug-likeness (QED) is 0.685. The molecule has 90 valence electrons. The highest BCUT2D eigenvalue weighted by atomic mass is 16.7. The Bertz CT molecular complexity index is 288. The molecule has 1 atom stereocenters. The lowest BCUT2D eigenvalue weighted by Crippen LogP contribution is -2.41. The van der Waals surface area contributed by atoms with Gasteiger partial charge in [0.25, 0.3) is 0 Å². The molecule has 0 aromatic heterocycles. The second-order valence-electron chi connectivity index (χ2n) is 5.73. The summed E-state index contributed by atoms with van der Waals surface area (Å²) in [5.74, 6) is 0.292. The van der Waals surface area contributed by atoms with Gasteiger partial charge in [-0.25, -0.2) is 0 Å². The van der Waals surface area contributed by atoms with Crippen LogP contribution in [0.1, 0.15) is 40.5 Å². The summed E-state index contributed by atoms with van der Waals surface area (Å²) in [6, 6.07) is 0. The lowest BCUT2D eigenvalue weighted by molar-refractivity contribution is -0.122. The third-order valence-corrected chi connectivity index (χ3v) is 3.94. The van der Waals surface area contributed by atoms with Gasteiger partial charge in [0, 0.05) is 18.8 Å². The van der Waals surface area contributed by atoms with Crippen molar-refractivity contribution in [3.63, 3.8) is 0 Å². The summed E-state index contributed by atoms with van der Waals surface area (Å²) in [4.78, 5) is 11.3. The van der Waals surface area contributed by atoms with Crippen molar-refractivity contribution in [2.75, 3.05) is 6.54 Å². The van der Waals surface area contributed by atoms with Crippen molar-refractivity contribution in [1.29, 1.82) is 0 Å². The van der Waals surface area contributed by atoms with Gasteiger partial charge in [-0.1, -0.05) is 0 Å². The molecule has 2 heterocycles. The number of carbonyl (C=O) groups excluding carboxylic acids is 1. The molecule has 0 unspecified atom stereocenters. The molecule has 0 aromatic rings. The first kappa shape index (κ1) is 11.9. The third kappa shape index (κ3) is 1.98. The third-order valence-electron chi connectivity index (χ3n) is 3.94. The van der Waals surface area contributed by atoms with E-state index >= 15 is 0 Å². The van der Waals surface area contributed by atoms with Crippen LogP contribution in [0.5, 0.6) is 0 Å². The van der Waals surface area contributed by atoms with Gasteiger partial charge < -0.3 is 14.6 Å². The molecule has 2 rings (SSSR count). The Kier molecular flexibility index (Phi) is 2.79. The van der Waals surface area contributed by atoms with Gasteiger partial charge in [0.1, 0.15) is 0 Å². The van der Waals surface area contributed by atoms with E-state index in [1.54, 1.807) is 0 Å². The molecule has 0 radical (unpaired) electrons. The van der Waals surface area contributed by atoms with Crippen molar-refractivity contribution in [2.45, 2.75) is 57.6 Å². The van der Waals surface area contributed by atoms with Gasteiger partial charge in [0.2, 0.25) is 5.91 Å². The van der Waals surface area contributed by atoms with E-state index in [9.17, 15) is 4.79 Å². The number of carbonyl (C=O) groups is 1. The largest absolute Gasteiger partial charge is 0.461 e. The first-order chi connectivity index (χ1) is 7.32. The molecule has 16 heavy (non-hydrogen) atoms. The second kappa shape index (κ2) is 3.74. The predicted octanol–water partition coefficient (Wildman–Crippen LogP) is 1.36. The highest BCUT2D eigenvalue weighted by molar-refractivity contribution is 6.48. The number of rotatable bonds is 1. The summed E-state index contributed by atoms with van der Waals surface area (Å²) < 4.78 is 11.9. The zero-order valence-electron chi connectivity index (χ0n) is 10.5. The minimum Gasteiger partial charge on any atom is -0.403 e. The van der Waals surface area contributed by atoms with E-state index in [0.717, 1.165) is 13.0 Å². The summed E-state index contributed by atoms with van der Waals surface area (Å²) >= 11 is 0. The van der Waals surface area contributed by atoms with Crippen molar-refractivity contribution < 1.29 is 14.1 Å². The summed E-state index contributed by atoms with van der Waals surface area (Å²) in [5.41, 5.74) is -0.600. The average molecular weight is 225 g/mol. The Balaban J connectivity index is 2.05. The standard InChI is InChI=1S/C11H20BNO3/c1-10(2)11(3,4)16-12(15-10)8-5-6-13-9(14)7-8/h8H,5-7H2,1-4H3,(H,13,14)/t8-/m0/s1. The maximum atomic E-state index is 11.3. The van der Waals surface area contributed by atoms with Crippen molar-refractivity contribution in [2.24, 2.45) is 0 Å². The lowest BCUT2D eigenvalue weighted by Gasteiger charge is -2.32. The topological polar surface area (TPSA) is 47.6 Å². The number of nitrogens with one attached hydrogen (secondary N) is 1. The van der Waals surface area contributed by atoms with E-state index in [4.69, 9.17) is 9.31 Å². The van der Waals surface area contributed by atoms with Crippen LogP contribution in [0.2, 0.25) is 5.82 Å². The molecule has 1 N–H and O–H groups in total. The highest BCUT2D eigenvalue weighted by Gasteiger charge is 2.54. The molecule has 0 aromatic carbocycles. The van der Waals surface area contributed by atoms with E-state index in [-0.39, 0.29) is 30.0 Å². The van der Waals surface area contributed by atoms with E-state index < -0.39 is 0 Å². The molecule has 0 bridgehead atoms. The van der Waals surface area contributed by atoms with Gasteiger partial charge in [-0.2, -0.15) is 0 Å². The average Bonchev–Trinajstić information content (AvgIpc) is 2.36. The molecule has 2 fully saturated rings. The highest BCUT2D eigenvalue weighted by Crippen LogP contribution is 2.41. The molecule has 0 aliphatic carbocycles. The summed E-state index contributed by atoms with van der Waals surface area (Å²) in [6.07, 6.45) is 1.44. The van der Waals surface area contributed by atoms with Gasteiger partial charge in [0.15, 0.2) is 0 Å². The van der Waals surface area contributed by atoms with Crippen LogP contribution < -0.4 is 5.32 Å². The zero-order chi connectivity index (χ0) is 12.0. The normalized spacial score (nSPS) is 32.6. The number of amides is 1. The fourth-order valence-electron chi connectivity index (χ4n) is 2.12. The molecular formula is C11H20BNO3. The summed E-state index contributed by atoms with van der Waals surface area (Å²) in [5, 5.41) is 2.83. The second-order valence-corrected chi connectivity index (χ2v) is 5.73. The molecule has 0 spiro atoms. The number of hydrogen-bond acceptors (Lipinski definition) is 3. The van der Waals surface area contributed by atoms with E-state index in [2.05, 4.69) is 5.32 Å². The monoisotopic (exact) mass is 225 g/mol. The van der Waals surface area contributed by atoms with E-state index in [1.165, 1.54) is 0 Å². The maximum Gasteiger partial charge on any atom is 0.461 e. The Labute approximate surface area is 97.2 Å². The Morgan fingerprint density at radius 3 is 2.31 bits per heavy atom. The SMILES string of the molecule is CC1(C)OB([C@H]2CCNC(=O)C2)OC1(C)C. The zero-order valence-corrected chi connectivity index (χ0v) is 10.5.